The number of nitrogens with zero attached hydrogens (tertiary/aromatic N) is 2. The van der Waals surface area contributed by atoms with Crippen molar-refractivity contribution in [1.29, 1.82) is 0 Å². The quantitative estimate of drug-likeness (QED) is 0.737. The van der Waals surface area contributed by atoms with E-state index < -0.39 is 16.0 Å². The zero-order valence-corrected chi connectivity index (χ0v) is 14.0. The number of sulfonamides is 1. The van der Waals surface area contributed by atoms with E-state index in [1.165, 1.54) is 33.5 Å². The molecular formula is C15H20N2O5S. The van der Waals surface area contributed by atoms with Crippen LogP contribution in [-0.4, -0.2) is 63.3 Å². The lowest BCUT2D eigenvalue weighted by Gasteiger charge is -2.16. The summed E-state index contributed by atoms with van der Waals surface area (Å²) in [5.41, 5.74) is 0.108. The second kappa shape index (κ2) is 7.10. The van der Waals surface area contributed by atoms with Crippen molar-refractivity contribution in [2.75, 3.05) is 33.8 Å². The van der Waals surface area contributed by atoms with E-state index in [2.05, 4.69) is 0 Å². The van der Waals surface area contributed by atoms with Crippen LogP contribution in [0.25, 0.3) is 0 Å². The molecule has 1 aliphatic rings. The monoisotopic (exact) mass is 340 g/mol. The SMILES string of the molecule is CN(C)C(=O)COC(=O)c1cccc(S(=O)(=O)N2CCCC2)c1. The molecule has 0 radical (unpaired) electrons. The van der Waals surface area contributed by atoms with Gasteiger partial charge in [0.15, 0.2) is 6.61 Å². The Morgan fingerprint density at radius 3 is 2.48 bits per heavy atom. The molecule has 0 bridgehead atoms. The van der Waals surface area contributed by atoms with Gasteiger partial charge in [-0.3, -0.25) is 4.79 Å². The largest absolute Gasteiger partial charge is 0.452 e. The van der Waals surface area contributed by atoms with Crippen molar-refractivity contribution in [2.45, 2.75) is 17.7 Å². The van der Waals surface area contributed by atoms with Gasteiger partial charge in [-0.25, -0.2) is 13.2 Å². The highest BCUT2D eigenvalue weighted by Crippen LogP contribution is 2.21. The van der Waals surface area contributed by atoms with Crippen LogP contribution in [0.5, 0.6) is 0 Å². The fourth-order valence-corrected chi connectivity index (χ4v) is 3.76. The van der Waals surface area contributed by atoms with Crippen LogP contribution in [0.3, 0.4) is 0 Å². The summed E-state index contributed by atoms with van der Waals surface area (Å²) in [5, 5.41) is 0. The standard InChI is InChI=1S/C15H20N2O5S/c1-16(2)14(18)11-22-15(19)12-6-5-7-13(10-12)23(20,21)17-8-3-4-9-17/h5-7,10H,3-4,8-9,11H2,1-2H3. The second-order valence-electron chi connectivity index (χ2n) is 5.50. The van der Waals surface area contributed by atoms with E-state index in [1.54, 1.807) is 14.1 Å². The number of carbonyl (C=O) groups excluding carboxylic acids is 2. The van der Waals surface area contributed by atoms with Gasteiger partial charge in [0.2, 0.25) is 10.0 Å². The van der Waals surface area contributed by atoms with Gasteiger partial charge < -0.3 is 9.64 Å². The maximum absolute atomic E-state index is 12.5. The molecule has 0 atom stereocenters. The molecule has 0 aromatic heterocycles. The first-order valence-electron chi connectivity index (χ1n) is 7.30. The first-order chi connectivity index (χ1) is 10.8. The molecule has 0 aliphatic carbocycles. The third-order valence-corrected chi connectivity index (χ3v) is 5.49. The van der Waals surface area contributed by atoms with Crippen LogP contribution < -0.4 is 0 Å². The zero-order chi connectivity index (χ0) is 17.0. The number of rotatable bonds is 5. The highest BCUT2D eigenvalue weighted by Gasteiger charge is 2.27. The summed E-state index contributed by atoms with van der Waals surface area (Å²) in [6, 6.07) is 5.70. The maximum atomic E-state index is 12.5. The van der Waals surface area contributed by atoms with E-state index in [0.717, 1.165) is 12.8 Å². The van der Waals surface area contributed by atoms with Gasteiger partial charge >= 0.3 is 5.97 Å². The minimum atomic E-state index is -3.59. The Balaban J connectivity index is 2.13. The van der Waals surface area contributed by atoms with E-state index in [1.807, 2.05) is 0 Å². The third kappa shape index (κ3) is 4.08. The highest BCUT2D eigenvalue weighted by molar-refractivity contribution is 7.89. The molecule has 1 aromatic rings. The minimum Gasteiger partial charge on any atom is -0.452 e. The van der Waals surface area contributed by atoms with Crippen molar-refractivity contribution in [3.63, 3.8) is 0 Å². The number of likely N-dealkylation sites (N-methyl/N-ethyl adjacent to an activating group) is 1. The highest BCUT2D eigenvalue weighted by atomic mass is 32.2. The lowest BCUT2D eigenvalue weighted by Crippen LogP contribution is -2.28. The van der Waals surface area contributed by atoms with Gasteiger partial charge in [-0.2, -0.15) is 4.31 Å². The molecule has 23 heavy (non-hydrogen) atoms. The molecule has 0 N–H and O–H groups in total. The molecular weight excluding hydrogens is 320 g/mol. The van der Waals surface area contributed by atoms with E-state index in [9.17, 15) is 18.0 Å². The normalized spacial score (nSPS) is 15.4. The van der Waals surface area contributed by atoms with Crippen LogP contribution in [0.4, 0.5) is 0 Å². The molecule has 1 amide bonds. The second-order valence-corrected chi connectivity index (χ2v) is 7.44. The zero-order valence-electron chi connectivity index (χ0n) is 13.2. The summed E-state index contributed by atoms with van der Waals surface area (Å²) in [6.45, 7) is 0.609. The van der Waals surface area contributed by atoms with Crippen molar-refractivity contribution >= 4 is 21.9 Å². The van der Waals surface area contributed by atoms with E-state index in [4.69, 9.17) is 4.74 Å². The van der Waals surface area contributed by atoms with Crippen molar-refractivity contribution < 1.29 is 22.7 Å². The van der Waals surface area contributed by atoms with E-state index in [0.29, 0.717) is 13.1 Å². The van der Waals surface area contributed by atoms with Crippen LogP contribution in [0, 0.1) is 0 Å². The van der Waals surface area contributed by atoms with Crippen molar-refractivity contribution in [3.05, 3.63) is 29.8 Å². The number of ether oxygens (including phenoxy) is 1. The third-order valence-electron chi connectivity index (χ3n) is 3.60. The molecule has 0 unspecified atom stereocenters. The van der Waals surface area contributed by atoms with Gasteiger partial charge in [-0.05, 0) is 31.0 Å². The summed E-state index contributed by atoms with van der Waals surface area (Å²) in [5.74, 6) is -1.07. The van der Waals surface area contributed by atoms with Gasteiger partial charge in [0.25, 0.3) is 5.91 Å². The Hall–Kier alpha value is -1.93. The average molecular weight is 340 g/mol. The van der Waals surface area contributed by atoms with Crippen molar-refractivity contribution in [1.82, 2.24) is 9.21 Å². The molecule has 126 valence electrons. The first-order valence-corrected chi connectivity index (χ1v) is 8.74. The van der Waals surface area contributed by atoms with Crippen LogP contribution in [0.15, 0.2) is 29.2 Å². The van der Waals surface area contributed by atoms with Crippen LogP contribution in [0.1, 0.15) is 23.2 Å². The van der Waals surface area contributed by atoms with Gasteiger partial charge in [0.1, 0.15) is 0 Å². The molecule has 1 aromatic carbocycles. The summed E-state index contributed by atoms with van der Waals surface area (Å²) in [6.07, 6.45) is 1.68. The first kappa shape index (κ1) is 17.4. The lowest BCUT2D eigenvalue weighted by atomic mass is 10.2. The maximum Gasteiger partial charge on any atom is 0.338 e. The molecule has 7 nitrogen and oxygen atoms in total. The Labute approximate surface area is 135 Å². The summed E-state index contributed by atoms with van der Waals surface area (Å²) in [7, 11) is -0.479. The lowest BCUT2D eigenvalue weighted by molar-refractivity contribution is -0.131. The number of esters is 1. The predicted octanol–water partition coefficient (Wildman–Crippen LogP) is 0.716. The molecule has 1 saturated heterocycles. The molecule has 1 heterocycles. The molecule has 0 saturated carbocycles. The van der Waals surface area contributed by atoms with Crippen LogP contribution in [-0.2, 0) is 19.6 Å². The van der Waals surface area contributed by atoms with Crippen molar-refractivity contribution in [3.8, 4) is 0 Å². The molecule has 8 heteroatoms. The fourth-order valence-electron chi connectivity index (χ4n) is 2.20. The predicted molar refractivity (Wildman–Crippen MR) is 83.4 cm³/mol. The molecule has 1 fully saturated rings. The molecule has 0 spiro atoms. The average Bonchev–Trinajstić information content (AvgIpc) is 3.07. The summed E-state index contributed by atoms with van der Waals surface area (Å²) >= 11 is 0. The Kier molecular flexibility index (Phi) is 5.38. The van der Waals surface area contributed by atoms with E-state index >= 15 is 0 Å². The van der Waals surface area contributed by atoms with Crippen LogP contribution in [0.2, 0.25) is 0 Å². The van der Waals surface area contributed by atoms with Gasteiger partial charge in [-0.1, -0.05) is 6.07 Å². The van der Waals surface area contributed by atoms with E-state index in [-0.39, 0.29) is 23.0 Å². The summed E-state index contributed by atoms with van der Waals surface area (Å²) in [4.78, 5) is 24.8. The number of carbonyl (C=O) groups is 2. The van der Waals surface area contributed by atoms with Gasteiger partial charge in [-0.15, -0.1) is 0 Å². The topological polar surface area (TPSA) is 84.0 Å². The number of amides is 1. The number of hydrogen-bond acceptors (Lipinski definition) is 5. The molecule has 2 rings (SSSR count). The Morgan fingerprint density at radius 2 is 1.87 bits per heavy atom. The Bertz CT molecular complexity index is 694. The minimum absolute atomic E-state index is 0.0628. The smallest absolute Gasteiger partial charge is 0.338 e. The number of benzene rings is 1. The summed E-state index contributed by atoms with van der Waals surface area (Å²) < 4.78 is 31.3. The molecule has 1 aliphatic heterocycles. The van der Waals surface area contributed by atoms with Crippen LogP contribution >= 0.6 is 0 Å². The fraction of sp³-hybridized carbons (Fsp3) is 0.467. The van der Waals surface area contributed by atoms with Gasteiger partial charge in [0.05, 0.1) is 10.5 Å². The van der Waals surface area contributed by atoms with Crippen molar-refractivity contribution in [2.24, 2.45) is 0 Å². The number of hydrogen-bond donors (Lipinski definition) is 0. The Morgan fingerprint density at radius 1 is 1.22 bits per heavy atom. The van der Waals surface area contributed by atoms with Gasteiger partial charge in [0, 0.05) is 27.2 Å².